The van der Waals surface area contributed by atoms with Crippen molar-refractivity contribution in [3.05, 3.63) is 70.7 Å². The SMILES string of the molecule is Cc1cccc2cc(C3c4nc[nH]c4CCN3C(=O)c3oc(C(C)(C)O)nc3C(F)(F)F)nn12. The molecule has 9 nitrogen and oxygen atoms in total. The number of imidazole rings is 1. The zero-order chi connectivity index (χ0) is 24.4. The summed E-state index contributed by atoms with van der Waals surface area (Å²) in [5.41, 5.74) is 0.0478. The number of aryl methyl sites for hydroxylation is 1. The van der Waals surface area contributed by atoms with Gasteiger partial charge >= 0.3 is 6.18 Å². The Labute approximate surface area is 191 Å². The van der Waals surface area contributed by atoms with Crippen LogP contribution in [0.5, 0.6) is 0 Å². The Kier molecular flexibility index (Phi) is 4.83. The van der Waals surface area contributed by atoms with Crippen molar-refractivity contribution in [2.24, 2.45) is 0 Å². The zero-order valence-electron chi connectivity index (χ0n) is 18.5. The predicted octanol–water partition coefficient (Wildman–Crippen LogP) is 3.39. The second-order valence-corrected chi connectivity index (χ2v) is 8.74. The van der Waals surface area contributed by atoms with E-state index in [4.69, 9.17) is 4.42 Å². The quantitative estimate of drug-likeness (QED) is 0.471. The molecule has 0 bridgehead atoms. The molecule has 5 rings (SSSR count). The molecule has 34 heavy (non-hydrogen) atoms. The number of H-pyrrole nitrogens is 1. The van der Waals surface area contributed by atoms with Crippen LogP contribution in [0.1, 0.15) is 64.8 Å². The van der Waals surface area contributed by atoms with Crippen LogP contribution in [0, 0.1) is 6.92 Å². The van der Waals surface area contributed by atoms with E-state index in [0.29, 0.717) is 17.8 Å². The molecule has 1 aliphatic heterocycles. The summed E-state index contributed by atoms with van der Waals surface area (Å²) >= 11 is 0. The van der Waals surface area contributed by atoms with E-state index in [-0.39, 0.29) is 6.54 Å². The lowest BCUT2D eigenvalue weighted by atomic mass is 9.99. The molecular formula is C22H21F3N6O3. The van der Waals surface area contributed by atoms with Crippen LogP contribution in [0.2, 0.25) is 0 Å². The highest BCUT2D eigenvalue weighted by molar-refractivity contribution is 5.93. The Morgan fingerprint density at radius 3 is 2.74 bits per heavy atom. The molecule has 5 heterocycles. The van der Waals surface area contributed by atoms with E-state index < -0.39 is 41.1 Å². The monoisotopic (exact) mass is 474 g/mol. The smallest absolute Gasteiger partial charge is 0.432 e. The molecule has 0 aromatic carbocycles. The fourth-order valence-electron chi connectivity index (χ4n) is 4.15. The number of amides is 1. The number of pyridine rings is 1. The molecule has 4 aromatic rings. The Hall–Kier alpha value is -3.67. The van der Waals surface area contributed by atoms with Crippen LogP contribution in [0.3, 0.4) is 0 Å². The minimum Gasteiger partial charge on any atom is -0.432 e. The summed E-state index contributed by atoms with van der Waals surface area (Å²) < 4.78 is 48.2. The van der Waals surface area contributed by atoms with E-state index in [9.17, 15) is 23.1 Å². The fourth-order valence-corrected chi connectivity index (χ4v) is 4.15. The van der Waals surface area contributed by atoms with Gasteiger partial charge in [0.1, 0.15) is 11.6 Å². The number of halogens is 3. The number of rotatable bonds is 3. The number of fused-ring (bicyclic) bond motifs is 2. The number of carbonyl (C=O) groups excluding carboxylic acids is 1. The van der Waals surface area contributed by atoms with Gasteiger partial charge in [0.25, 0.3) is 5.91 Å². The molecule has 12 heteroatoms. The topological polar surface area (TPSA) is 113 Å². The Morgan fingerprint density at radius 1 is 1.29 bits per heavy atom. The van der Waals surface area contributed by atoms with E-state index in [1.807, 2.05) is 25.1 Å². The van der Waals surface area contributed by atoms with Crippen molar-refractivity contribution in [2.75, 3.05) is 6.54 Å². The maximum absolute atomic E-state index is 13.8. The molecular weight excluding hydrogens is 453 g/mol. The molecule has 1 unspecified atom stereocenters. The van der Waals surface area contributed by atoms with Crippen molar-refractivity contribution in [3.8, 4) is 0 Å². The molecule has 1 amide bonds. The molecule has 0 spiro atoms. The highest BCUT2D eigenvalue weighted by atomic mass is 19.4. The summed E-state index contributed by atoms with van der Waals surface area (Å²) in [5, 5.41) is 14.8. The third-order valence-electron chi connectivity index (χ3n) is 5.77. The standard InChI is InChI=1S/C22H21F3N6O3/c1-11-5-4-6-12-9-14(29-31(11)12)16-15-13(26-10-27-15)7-8-30(16)19(32)17-18(22(23,24)25)28-20(34-17)21(2,3)33/h4-6,9-10,16,33H,7-8H2,1-3H3,(H,26,27). The number of carbonyl (C=O) groups is 1. The number of nitrogens with zero attached hydrogens (tertiary/aromatic N) is 5. The van der Waals surface area contributed by atoms with Gasteiger partial charge < -0.3 is 19.4 Å². The van der Waals surface area contributed by atoms with Crippen molar-refractivity contribution in [2.45, 2.75) is 45.0 Å². The van der Waals surface area contributed by atoms with Gasteiger partial charge in [0.2, 0.25) is 11.7 Å². The number of hydrogen-bond acceptors (Lipinski definition) is 6. The van der Waals surface area contributed by atoms with Crippen LogP contribution in [0.4, 0.5) is 13.2 Å². The maximum Gasteiger partial charge on any atom is 0.437 e. The predicted molar refractivity (Wildman–Crippen MR) is 112 cm³/mol. The van der Waals surface area contributed by atoms with Gasteiger partial charge in [-0.1, -0.05) is 6.07 Å². The van der Waals surface area contributed by atoms with Gasteiger partial charge in [-0.2, -0.15) is 18.3 Å². The van der Waals surface area contributed by atoms with E-state index in [0.717, 1.165) is 16.9 Å². The van der Waals surface area contributed by atoms with Crippen molar-refractivity contribution in [3.63, 3.8) is 0 Å². The second-order valence-electron chi connectivity index (χ2n) is 8.74. The average Bonchev–Trinajstić information content (AvgIpc) is 3.48. The first kappa shape index (κ1) is 22.1. The molecule has 178 valence electrons. The number of aromatic amines is 1. The normalized spacial score (nSPS) is 16.8. The summed E-state index contributed by atoms with van der Waals surface area (Å²) in [4.78, 5) is 25.6. The van der Waals surface area contributed by atoms with Gasteiger partial charge in [-0.3, -0.25) is 4.79 Å². The van der Waals surface area contributed by atoms with Gasteiger partial charge in [-0.15, -0.1) is 0 Å². The largest absolute Gasteiger partial charge is 0.437 e. The van der Waals surface area contributed by atoms with Gasteiger partial charge in [0, 0.05) is 24.4 Å². The van der Waals surface area contributed by atoms with Crippen LogP contribution in [-0.4, -0.2) is 47.0 Å². The molecule has 0 radical (unpaired) electrons. The van der Waals surface area contributed by atoms with E-state index in [1.54, 1.807) is 10.6 Å². The highest BCUT2D eigenvalue weighted by Gasteiger charge is 2.46. The molecule has 0 saturated heterocycles. The van der Waals surface area contributed by atoms with Crippen LogP contribution < -0.4 is 0 Å². The minimum atomic E-state index is -4.96. The molecule has 0 saturated carbocycles. The fraction of sp³-hybridized carbons (Fsp3) is 0.364. The summed E-state index contributed by atoms with van der Waals surface area (Å²) in [6.07, 6.45) is -3.12. The number of alkyl halides is 3. The number of nitrogens with one attached hydrogen (secondary N) is 1. The Bertz CT molecular complexity index is 1400. The lowest BCUT2D eigenvalue weighted by Crippen LogP contribution is -2.41. The van der Waals surface area contributed by atoms with E-state index >= 15 is 0 Å². The van der Waals surface area contributed by atoms with Crippen molar-refractivity contribution < 1.29 is 27.5 Å². The second kappa shape index (κ2) is 7.42. The summed E-state index contributed by atoms with van der Waals surface area (Å²) in [6, 6.07) is 6.50. The molecule has 1 aliphatic rings. The number of hydrogen-bond donors (Lipinski definition) is 2. The van der Waals surface area contributed by atoms with Crippen molar-refractivity contribution in [1.82, 2.24) is 29.5 Å². The first-order valence-electron chi connectivity index (χ1n) is 10.5. The number of aliphatic hydroxyl groups is 1. The molecule has 0 fully saturated rings. The van der Waals surface area contributed by atoms with Crippen molar-refractivity contribution in [1.29, 1.82) is 0 Å². The number of aromatic nitrogens is 5. The Morgan fingerprint density at radius 2 is 2.06 bits per heavy atom. The van der Waals surface area contributed by atoms with Crippen LogP contribution in [-0.2, 0) is 18.2 Å². The van der Waals surface area contributed by atoms with Crippen molar-refractivity contribution >= 4 is 11.4 Å². The zero-order valence-corrected chi connectivity index (χ0v) is 18.5. The molecule has 4 aromatic heterocycles. The molecule has 1 atom stereocenters. The van der Waals surface area contributed by atoms with Gasteiger partial charge in [0.15, 0.2) is 5.69 Å². The summed E-state index contributed by atoms with van der Waals surface area (Å²) in [5.74, 6) is -2.59. The third kappa shape index (κ3) is 3.54. The van der Waals surface area contributed by atoms with Gasteiger partial charge in [-0.05, 0) is 39.0 Å². The Balaban J connectivity index is 1.65. The van der Waals surface area contributed by atoms with Crippen LogP contribution >= 0.6 is 0 Å². The van der Waals surface area contributed by atoms with E-state index in [2.05, 4.69) is 20.1 Å². The molecule has 0 aliphatic carbocycles. The number of oxazole rings is 1. The first-order valence-corrected chi connectivity index (χ1v) is 10.5. The van der Waals surface area contributed by atoms with E-state index in [1.165, 1.54) is 25.1 Å². The lowest BCUT2D eigenvalue weighted by Gasteiger charge is -2.33. The van der Waals surface area contributed by atoms with Crippen LogP contribution in [0.25, 0.3) is 5.52 Å². The summed E-state index contributed by atoms with van der Waals surface area (Å²) in [6.45, 7) is 4.43. The average molecular weight is 474 g/mol. The maximum atomic E-state index is 13.8. The summed E-state index contributed by atoms with van der Waals surface area (Å²) in [7, 11) is 0. The van der Waals surface area contributed by atoms with Gasteiger partial charge in [0.05, 0.1) is 23.2 Å². The third-order valence-corrected chi connectivity index (χ3v) is 5.77. The highest BCUT2D eigenvalue weighted by Crippen LogP contribution is 2.38. The lowest BCUT2D eigenvalue weighted by molar-refractivity contribution is -0.141. The minimum absolute atomic E-state index is 0.0986. The first-order chi connectivity index (χ1) is 15.9. The van der Waals surface area contributed by atoms with Gasteiger partial charge in [-0.25, -0.2) is 14.5 Å². The van der Waals surface area contributed by atoms with Crippen LogP contribution in [0.15, 0.2) is 35.0 Å². The molecule has 2 N–H and O–H groups in total.